The number of anilines is 1. The number of aryl methyl sites for hydroxylation is 1. The minimum Gasteiger partial charge on any atom is -0.356 e. The molecule has 0 spiro atoms. The van der Waals surface area contributed by atoms with Crippen molar-refractivity contribution in [2.45, 2.75) is 52.4 Å². The highest BCUT2D eigenvalue weighted by atomic mass is 16.1. The predicted octanol–water partition coefficient (Wildman–Crippen LogP) is 2.28. The summed E-state index contributed by atoms with van der Waals surface area (Å²) in [4.78, 5) is 26.5. The molecule has 1 aliphatic heterocycles. The van der Waals surface area contributed by atoms with E-state index >= 15 is 0 Å². The molecule has 0 radical (unpaired) electrons. The van der Waals surface area contributed by atoms with E-state index in [9.17, 15) is 4.79 Å². The Kier molecular flexibility index (Phi) is 7.05. The van der Waals surface area contributed by atoms with Gasteiger partial charge in [0.25, 0.3) is 0 Å². The molecule has 1 aliphatic carbocycles. The van der Waals surface area contributed by atoms with E-state index in [2.05, 4.69) is 41.0 Å². The van der Waals surface area contributed by atoms with Crippen LogP contribution in [0.15, 0.2) is 6.20 Å². The van der Waals surface area contributed by atoms with Crippen molar-refractivity contribution in [3.63, 3.8) is 0 Å². The maximum atomic E-state index is 12.6. The van der Waals surface area contributed by atoms with E-state index in [0.717, 1.165) is 68.4 Å². The van der Waals surface area contributed by atoms with Gasteiger partial charge in [0.15, 0.2) is 0 Å². The summed E-state index contributed by atoms with van der Waals surface area (Å²) < 4.78 is 0. The number of carbonyl (C=O) groups is 1. The summed E-state index contributed by atoms with van der Waals surface area (Å²) in [5.74, 6) is 1.86. The SMILES string of the molecule is CCN(CC)c1ncc2c(n1)CC[C@H](C(=O)NCCC1CCN(C)CC1)C2. The highest BCUT2D eigenvalue weighted by molar-refractivity contribution is 5.79. The third-order valence-corrected chi connectivity index (χ3v) is 6.24. The summed E-state index contributed by atoms with van der Waals surface area (Å²) in [5.41, 5.74) is 2.27. The van der Waals surface area contributed by atoms with E-state index in [4.69, 9.17) is 4.98 Å². The van der Waals surface area contributed by atoms with Crippen molar-refractivity contribution in [3.05, 3.63) is 17.5 Å². The topological polar surface area (TPSA) is 61.4 Å². The van der Waals surface area contributed by atoms with Crippen molar-refractivity contribution in [2.24, 2.45) is 11.8 Å². The minimum absolute atomic E-state index is 0.0675. The van der Waals surface area contributed by atoms with E-state index in [1.165, 1.54) is 25.9 Å². The number of likely N-dealkylation sites (tertiary alicyclic amines) is 1. The van der Waals surface area contributed by atoms with Crippen molar-refractivity contribution < 1.29 is 4.79 Å². The second-order valence-corrected chi connectivity index (χ2v) is 8.08. The van der Waals surface area contributed by atoms with Crippen molar-refractivity contribution in [1.82, 2.24) is 20.2 Å². The maximum Gasteiger partial charge on any atom is 0.225 e. The minimum atomic E-state index is 0.0675. The summed E-state index contributed by atoms with van der Waals surface area (Å²) in [5, 5.41) is 3.19. The molecule has 1 aromatic rings. The van der Waals surface area contributed by atoms with Crippen LogP contribution in [0, 0.1) is 11.8 Å². The number of amides is 1. The molecule has 1 atom stereocenters. The third kappa shape index (κ3) is 5.18. The zero-order valence-corrected chi connectivity index (χ0v) is 17.2. The molecule has 2 heterocycles. The molecule has 27 heavy (non-hydrogen) atoms. The lowest BCUT2D eigenvalue weighted by Crippen LogP contribution is -2.37. The van der Waals surface area contributed by atoms with Crippen LogP contribution >= 0.6 is 0 Å². The van der Waals surface area contributed by atoms with Gasteiger partial charge < -0.3 is 15.1 Å². The van der Waals surface area contributed by atoms with Crippen LogP contribution in [0.3, 0.4) is 0 Å². The van der Waals surface area contributed by atoms with Gasteiger partial charge in [-0.3, -0.25) is 4.79 Å². The second-order valence-electron chi connectivity index (χ2n) is 8.08. The molecule has 0 saturated carbocycles. The smallest absolute Gasteiger partial charge is 0.225 e. The Balaban J connectivity index is 1.48. The van der Waals surface area contributed by atoms with Crippen molar-refractivity contribution in [1.29, 1.82) is 0 Å². The molecule has 0 aromatic carbocycles. The average molecular weight is 374 g/mol. The summed E-state index contributed by atoms with van der Waals surface area (Å²) in [6, 6.07) is 0. The Morgan fingerprint density at radius 3 is 2.70 bits per heavy atom. The Labute approximate surface area is 163 Å². The van der Waals surface area contributed by atoms with Crippen LogP contribution in [-0.2, 0) is 17.6 Å². The van der Waals surface area contributed by atoms with E-state index in [0.29, 0.717) is 0 Å². The molecule has 1 saturated heterocycles. The van der Waals surface area contributed by atoms with Gasteiger partial charge in [-0.15, -0.1) is 0 Å². The van der Waals surface area contributed by atoms with Crippen LogP contribution in [0.4, 0.5) is 5.95 Å². The average Bonchev–Trinajstić information content (AvgIpc) is 2.70. The van der Waals surface area contributed by atoms with Gasteiger partial charge in [0.2, 0.25) is 11.9 Å². The van der Waals surface area contributed by atoms with Crippen LogP contribution in [0.25, 0.3) is 0 Å². The Morgan fingerprint density at radius 2 is 2.00 bits per heavy atom. The van der Waals surface area contributed by atoms with Crippen molar-refractivity contribution >= 4 is 11.9 Å². The van der Waals surface area contributed by atoms with Gasteiger partial charge in [0.1, 0.15) is 0 Å². The van der Waals surface area contributed by atoms with Crippen molar-refractivity contribution in [3.8, 4) is 0 Å². The standard InChI is InChI=1S/C21H35N5O/c1-4-26(5-2)21-23-15-18-14-17(6-7-19(18)24-21)20(27)22-11-8-16-9-12-25(3)13-10-16/h15-17H,4-14H2,1-3H3,(H,22,27)/t17-/m0/s1. The number of piperidine rings is 1. The molecule has 1 N–H and O–H groups in total. The predicted molar refractivity (Wildman–Crippen MR) is 109 cm³/mol. The second kappa shape index (κ2) is 9.49. The molecule has 1 fully saturated rings. The lowest BCUT2D eigenvalue weighted by Gasteiger charge is -2.29. The van der Waals surface area contributed by atoms with Crippen LogP contribution in [-0.4, -0.2) is 60.5 Å². The first-order valence-electron chi connectivity index (χ1n) is 10.7. The fourth-order valence-electron chi connectivity index (χ4n) is 4.27. The van der Waals surface area contributed by atoms with Gasteiger partial charge in [-0.25, -0.2) is 9.97 Å². The quantitative estimate of drug-likeness (QED) is 0.794. The number of fused-ring (bicyclic) bond motifs is 1. The monoisotopic (exact) mass is 373 g/mol. The van der Waals surface area contributed by atoms with Gasteiger partial charge in [-0.05, 0) is 84.0 Å². The largest absolute Gasteiger partial charge is 0.356 e. The first-order chi connectivity index (χ1) is 13.1. The number of hydrogen-bond acceptors (Lipinski definition) is 5. The van der Waals surface area contributed by atoms with Crippen molar-refractivity contribution in [2.75, 3.05) is 44.7 Å². The number of carbonyl (C=O) groups excluding carboxylic acids is 1. The van der Waals surface area contributed by atoms with E-state index in [-0.39, 0.29) is 11.8 Å². The highest BCUT2D eigenvalue weighted by Gasteiger charge is 2.26. The lowest BCUT2D eigenvalue weighted by molar-refractivity contribution is -0.125. The Hall–Kier alpha value is -1.69. The van der Waals surface area contributed by atoms with Gasteiger partial charge in [-0.2, -0.15) is 0 Å². The van der Waals surface area contributed by atoms with E-state index in [1.54, 1.807) is 0 Å². The molecular weight excluding hydrogens is 338 g/mol. The number of hydrogen-bond donors (Lipinski definition) is 1. The van der Waals surface area contributed by atoms with Crippen LogP contribution in [0.2, 0.25) is 0 Å². The number of nitrogens with one attached hydrogen (secondary N) is 1. The molecule has 1 aromatic heterocycles. The molecule has 0 unspecified atom stereocenters. The summed E-state index contributed by atoms with van der Waals surface area (Å²) in [7, 11) is 2.19. The summed E-state index contributed by atoms with van der Waals surface area (Å²) in [6.07, 6.45) is 8.10. The zero-order chi connectivity index (χ0) is 19.2. The normalized spacial score (nSPS) is 20.9. The van der Waals surface area contributed by atoms with Crippen LogP contribution < -0.4 is 10.2 Å². The molecule has 3 rings (SSSR count). The summed E-state index contributed by atoms with van der Waals surface area (Å²) in [6.45, 7) is 9.26. The van der Waals surface area contributed by atoms with Gasteiger partial charge in [-0.1, -0.05) is 0 Å². The Bertz CT molecular complexity index is 623. The van der Waals surface area contributed by atoms with Crippen LogP contribution in [0.5, 0.6) is 0 Å². The lowest BCUT2D eigenvalue weighted by atomic mass is 9.86. The van der Waals surface area contributed by atoms with Gasteiger partial charge >= 0.3 is 0 Å². The Morgan fingerprint density at radius 1 is 1.26 bits per heavy atom. The molecule has 0 bridgehead atoms. The molecule has 1 amide bonds. The number of rotatable bonds is 7. The maximum absolute atomic E-state index is 12.6. The third-order valence-electron chi connectivity index (χ3n) is 6.24. The first-order valence-corrected chi connectivity index (χ1v) is 10.7. The van der Waals surface area contributed by atoms with Gasteiger partial charge in [0, 0.05) is 37.4 Å². The van der Waals surface area contributed by atoms with Crippen LogP contribution in [0.1, 0.15) is 50.8 Å². The number of nitrogens with zero attached hydrogens (tertiary/aromatic N) is 4. The van der Waals surface area contributed by atoms with E-state index in [1.807, 2.05) is 6.20 Å². The highest BCUT2D eigenvalue weighted by Crippen LogP contribution is 2.25. The zero-order valence-electron chi connectivity index (χ0n) is 17.2. The fraction of sp³-hybridized carbons (Fsp3) is 0.762. The molecule has 6 heteroatoms. The summed E-state index contributed by atoms with van der Waals surface area (Å²) >= 11 is 0. The fourth-order valence-corrected chi connectivity index (χ4v) is 4.27. The van der Waals surface area contributed by atoms with E-state index < -0.39 is 0 Å². The molecular formula is C21H35N5O. The molecule has 2 aliphatic rings. The van der Waals surface area contributed by atoms with Gasteiger partial charge in [0.05, 0.1) is 0 Å². The molecule has 6 nitrogen and oxygen atoms in total. The molecule has 150 valence electrons. The number of aromatic nitrogens is 2. The first kappa shape index (κ1) is 20.1.